The fourth-order valence-corrected chi connectivity index (χ4v) is 2.19. The van der Waals surface area contributed by atoms with Crippen LogP contribution in [-0.4, -0.2) is 45.3 Å². The van der Waals surface area contributed by atoms with E-state index in [9.17, 15) is 5.11 Å². The smallest absolute Gasteiger partial charge is 0.226 e. The summed E-state index contributed by atoms with van der Waals surface area (Å²) in [7, 11) is 0. The molecule has 19 heavy (non-hydrogen) atoms. The molecule has 7 nitrogen and oxygen atoms in total. The number of hydrogen-bond acceptors (Lipinski definition) is 6. The van der Waals surface area contributed by atoms with E-state index in [1.54, 1.807) is 6.07 Å². The van der Waals surface area contributed by atoms with Gasteiger partial charge in [-0.05, 0) is 25.3 Å². The zero-order valence-electron chi connectivity index (χ0n) is 11.1. The van der Waals surface area contributed by atoms with Gasteiger partial charge in [0.15, 0.2) is 5.84 Å². The van der Waals surface area contributed by atoms with Crippen LogP contribution in [0.1, 0.15) is 24.7 Å². The number of piperidine rings is 1. The van der Waals surface area contributed by atoms with E-state index in [1.165, 1.54) is 0 Å². The molecule has 0 bridgehead atoms. The van der Waals surface area contributed by atoms with Crippen molar-refractivity contribution < 1.29 is 10.3 Å². The highest BCUT2D eigenvalue weighted by molar-refractivity contribution is 5.95. The largest absolute Gasteiger partial charge is 0.409 e. The summed E-state index contributed by atoms with van der Waals surface area (Å²) in [5.74, 6) is 0.697. The van der Waals surface area contributed by atoms with Gasteiger partial charge in [0, 0.05) is 18.8 Å². The maximum Gasteiger partial charge on any atom is 0.226 e. The summed E-state index contributed by atoms with van der Waals surface area (Å²) >= 11 is 0. The standard InChI is InChI=1S/C12H19N5O2/c1-7-6-17(4-3-10(7)18)12-14-8(2)5-9(15-12)11(13)16-19/h5,7,10,18-19H,3-4,6H2,1-2H3,(H2,13,16). The van der Waals surface area contributed by atoms with E-state index in [2.05, 4.69) is 15.1 Å². The van der Waals surface area contributed by atoms with Gasteiger partial charge < -0.3 is 20.9 Å². The second kappa shape index (κ2) is 5.40. The number of aryl methyl sites for hydroxylation is 1. The molecule has 2 rings (SSSR count). The highest BCUT2D eigenvalue weighted by Gasteiger charge is 2.26. The van der Waals surface area contributed by atoms with E-state index >= 15 is 0 Å². The summed E-state index contributed by atoms with van der Waals surface area (Å²) in [5, 5.41) is 21.4. The first-order chi connectivity index (χ1) is 9.01. The second-order valence-corrected chi connectivity index (χ2v) is 4.96. The molecule has 1 aliphatic heterocycles. The molecular formula is C12H19N5O2. The zero-order chi connectivity index (χ0) is 14.0. The van der Waals surface area contributed by atoms with Gasteiger partial charge in [-0.2, -0.15) is 0 Å². The molecule has 1 aromatic rings. The molecule has 7 heteroatoms. The lowest BCUT2D eigenvalue weighted by Crippen LogP contribution is -2.43. The minimum absolute atomic E-state index is 0.0307. The topological polar surface area (TPSA) is 108 Å². The molecule has 2 heterocycles. The Balaban J connectivity index is 2.27. The van der Waals surface area contributed by atoms with E-state index in [0.29, 0.717) is 31.2 Å². The van der Waals surface area contributed by atoms with Crippen molar-refractivity contribution >= 4 is 11.8 Å². The summed E-state index contributed by atoms with van der Waals surface area (Å²) in [6, 6.07) is 1.67. The van der Waals surface area contributed by atoms with Crippen LogP contribution in [0.25, 0.3) is 0 Å². The summed E-state index contributed by atoms with van der Waals surface area (Å²) < 4.78 is 0. The van der Waals surface area contributed by atoms with Crippen molar-refractivity contribution in [1.29, 1.82) is 0 Å². The number of aliphatic hydroxyl groups excluding tert-OH is 1. The van der Waals surface area contributed by atoms with Gasteiger partial charge in [-0.15, -0.1) is 0 Å². The molecule has 0 amide bonds. The molecule has 0 spiro atoms. The minimum atomic E-state index is -0.274. The fraction of sp³-hybridized carbons (Fsp3) is 0.583. The van der Waals surface area contributed by atoms with Crippen LogP contribution in [0.15, 0.2) is 11.2 Å². The molecule has 0 saturated carbocycles. The fourth-order valence-electron chi connectivity index (χ4n) is 2.19. The van der Waals surface area contributed by atoms with E-state index in [0.717, 1.165) is 5.69 Å². The van der Waals surface area contributed by atoms with Gasteiger partial charge in [-0.3, -0.25) is 0 Å². The summed E-state index contributed by atoms with van der Waals surface area (Å²) in [5.41, 5.74) is 6.72. The van der Waals surface area contributed by atoms with Crippen LogP contribution in [0.2, 0.25) is 0 Å². The van der Waals surface area contributed by atoms with E-state index < -0.39 is 0 Å². The third-order valence-corrected chi connectivity index (χ3v) is 3.36. The van der Waals surface area contributed by atoms with Crippen LogP contribution in [-0.2, 0) is 0 Å². The molecule has 1 aromatic heterocycles. The molecule has 0 aliphatic carbocycles. The van der Waals surface area contributed by atoms with Gasteiger partial charge in [0.25, 0.3) is 0 Å². The number of oxime groups is 1. The Morgan fingerprint density at radius 3 is 2.89 bits per heavy atom. The van der Waals surface area contributed by atoms with Crippen LogP contribution in [0.3, 0.4) is 0 Å². The number of anilines is 1. The Morgan fingerprint density at radius 2 is 2.26 bits per heavy atom. The van der Waals surface area contributed by atoms with Crippen molar-refractivity contribution in [2.75, 3.05) is 18.0 Å². The summed E-state index contributed by atoms with van der Waals surface area (Å²) in [6.07, 6.45) is 0.418. The van der Waals surface area contributed by atoms with Crippen molar-refractivity contribution in [2.45, 2.75) is 26.4 Å². The van der Waals surface area contributed by atoms with Crippen LogP contribution >= 0.6 is 0 Å². The Hall–Kier alpha value is -1.89. The maximum atomic E-state index is 9.74. The first-order valence-electron chi connectivity index (χ1n) is 6.28. The average Bonchev–Trinajstić information content (AvgIpc) is 2.40. The molecule has 4 N–H and O–H groups in total. The molecule has 104 valence electrons. The predicted molar refractivity (Wildman–Crippen MR) is 71.3 cm³/mol. The first-order valence-corrected chi connectivity index (χ1v) is 6.28. The van der Waals surface area contributed by atoms with Crippen molar-refractivity contribution in [2.24, 2.45) is 16.8 Å². The average molecular weight is 265 g/mol. The second-order valence-electron chi connectivity index (χ2n) is 4.96. The lowest BCUT2D eigenvalue weighted by atomic mass is 9.97. The monoisotopic (exact) mass is 265 g/mol. The molecular weight excluding hydrogens is 246 g/mol. The van der Waals surface area contributed by atoms with Crippen LogP contribution < -0.4 is 10.6 Å². The van der Waals surface area contributed by atoms with Crippen molar-refractivity contribution in [3.8, 4) is 0 Å². The summed E-state index contributed by atoms with van der Waals surface area (Å²) in [4.78, 5) is 10.7. The minimum Gasteiger partial charge on any atom is -0.409 e. The molecule has 1 fully saturated rings. The van der Waals surface area contributed by atoms with Crippen molar-refractivity contribution in [1.82, 2.24) is 9.97 Å². The number of hydrogen-bond donors (Lipinski definition) is 3. The van der Waals surface area contributed by atoms with Crippen LogP contribution in [0.4, 0.5) is 5.95 Å². The number of nitrogens with two attached hydrogens (primary N) is 1. The lowest BCUT2D eigenvalue weighted by Gasteiger charge is -2.34. The number of aliphatic hydroxyl groups is 1. The SMILES string of the molecule is Cc1cc(/C(N)=N/O)nc(N2CCC(O)C(C)C2)n1. The van der Waals surface area contributed by atoms with Crippen molar-refractivity contribution in [3.05, 3.63) is 17.5 Å². The van der Waals surface area contributed by atoms with Crippen molar-refractivity contribution in [3.63, 3.8) is 0 Å². The molecule has 2 atom stereocenters. The van der Waals surface area contributed by atoms with E-state index in [-0.39, 0.29) is 17.9 Å². The van der Waals surface area contributed by atoms with Crippen LogP contribution in [0, 0.1) is 12.8 Å². The van der Waals surface area contributed by atoms with Gasteiger partial charge >= 0.3 is 0 Å². The molecule has 1 saturated heterocycles. The number of aromatic nitrogens is 2. The Kier molecular flexibility index (Phi) is 3.84. The van der Waals surface area contributed by atoms with E-state index in [1.807, 2.05) is 18.7 Å². The third-order valence-electron chi connectivity index (χ3n) is 3.36. The van der Waals surface area contributed by atoms with Gasteiger partial charge in [0.2, 0.25) is 5.95 Å². The number of amidine groups is 1. The highest BCUT2D eigenvalue weighted by atomic mass is 16.4. The molecule has 0 radical (unpaired) electrons. The normalized spacial score (nSPS) is 24.6. The predicted octanol–water partition coefficient (Wildman–Crippen LogP) is 0.0866. The highest BCUT2D eigenvalue weighted by Crippen LogP contribution is 2.21. The van der Waals surface area contributed by atoms with Gasteiger partial charge in [-0.25, -0.2) is 9.97 Å². The Bertz CT molecular complexity index is 491. The number of nitrogens with zero attached hydrogens (tertiary/aromatic N) is 4. The lowest BCUT2D eigenvalue weighted by molar-refractivity contribution is 0.0966. The zero-order valence-corrected chi connectivity index (χ0v) is 11.1. The molecule has 1 aliphatic rings. The summed E-state index contributed by atoms with van der Waals surface area (Å²) in [6.45, 7) is 5.23. The van der Waals surface area contributed by atoms with E-state index in [4.69, 9.17) is 10.9 Å². The van der Waals surface area contributed by atoms with Gasteiger partial charge in [-0.1, -0.05) is 12.1 Å². The maximum absolute atomic E-state index is 9.74. The van der Waals surface area contributed by atoms with Gasteiger partial charge in [0.05, 0.1) is 6.10 Å². The molecule has 0 aromatic carbocycles. The molecule has 2 unspecified atom stereocenters. The first kappa shape index (κ1) is 13.5. The van der Waals surface area contributed by atoms with Gasteiger partial charge in [0.1, 0.15) is 5.69 Å². The quantitative estimate of drug-likeness (QED) is 0.303. The number of rotatable bonds is 2. The Morgan fingerprint density at radius 1 is 1.53 bits per heavy atom. The third kappa shape index (κ3) is 2.93. The Labute approximate surface area is 111 Å². The van der Waals surface area contributed by atoms with Crippen LogP contribution in [0.5, 0.6) is 0 Å².